The summed E-state index contributed by atoms with van der Waals surface area (Å²) >= 11 is 5.92. The van der Waals surface area contributed by atoms with Crippen molar-refractivity contribution >= 4 is 29.1 Å². The van der Waals surface area contributed by atoms with E-state index >= 15 is 0 Å². The summed E-state index contributed by atoms with van der Waals surface area (Å²) in [6.07, 6.45) is 0.896. The van der Waals surface area contributed by atoms with Gasteiger partial charge in [-0.15, -0.1) is 0 Å². The van der Waals surface area contributed by atoms with Crippen LogP contribution in [0.4, 0.5) is 11.6 Å². The van der Waals surface area contributed by atoms with Crippen LogP contribution in [-0.2, 0) is 11.2 Å². The largest absolute Gasteiger partial charge is 0.370 e. The molecule has 0 atom stereocenters. The predicted octanol–water partition coefficient (Wildman–Crippen LogP) is 2.76. The van der Waals surface area contributed by atoms with Crippen molar-refractivity contribution in [2.24, 2.45) is 0 Å². The molecule has 2 aromatic rings. The van der Waals surface area contributed by atoms with Gasteiger partial charge in [-0.25, -0.2) is 9.97 Å². The Balaban J connectivity index is 1.59. The highest BCUT2D eigenvalue weighted by Gasteiger charge is 2.20. The Bertz CT molecular complexity index is 757. The summed E-state index contributed by atoms with van der Waals surface area (Å²) in [5.41, 5.74) is 1.23. The van der Waals surface area contributed by atoms with Crippen LogP contribution in [0.2, 0.25) is 5.02 Å². The number of carbonyl (C=O) groups excluding carboxylic acids is 1. The van der Waals surface area contributed by atoms with Gasteiger partial charge in [0.2, 0.25) is 5.91 Å². The molecule has 1 aliphatic rings. The highest BCUT2D eigenvalue weighted by atomic mass is 35.5. The molecule has 0 radical (unpaired) electrons. The standard InChI is InChI=1S/C19H24ClN5O/c1-14-22-18(21-8-7-16-3-5-17(20)6-4-16)13-19(23-14)25-11-9-24(10-12-25)15(2)26/h3-6,13H,7-12H2,1-2H3,(H,21,22,23). The van der Waals surface area contributed by atoms with Crippen LogP contribution >= 0.6 is 11.6 Å². The lowest BCUT2D eigenvalue weighted by Gasteiger charge is -2.35. The topological polar surface area (TPSA) is 61.4 Å². The molecule has 1 aromatic carbocycles. The van der Waals surface area contributed by atoms with Crippen molar-refractivity contribution in [1.82, 2.24) is 14.9 Å². The summed E-state index contributed by atoms with van der Waals surface area (Å²) in [7, 11) is 0. The fraction of sp³-hybridized carbons (Fsp3) is 0.421. The Hall–Kier alpha value is -2.34. The Labute approximate surface area is 159 Å². The third-order valence-corrected chi connectivity index (χ3v) is 4.76. The molecule has 1 amide bonds. The molecule has 1 saturated heterocycles. The average molecular weight is 374 g/mol. The highest BCUT2D eigenvalue weighted by molar-refractivity contribution is 6.30. The molecule has 2 heterocycles. The van der Waals surface area contributed by atoms with Crippen LogP contribution < -0.4 is 10.2 Å². The number of aromatic nitrogens is 2. The highest BCUT2D eigenvalue weighted by Crippen LogP contribution is 2.18. The predicted molar refractivity (Wildman–Crippen MR) is 105 cm³/mol. The van der Waals surface area contributed by atoms with E-state index in [0.717, 1.165) is 61.6 Å². The maximum Gasteiger partial charge on any atom is 0.219 e. The molecule has 6 nitrogen and oxygen atoms in total. The van der Waals surface area contributed by atoms with Crippen LogP contribution in [-0.4, -0.2) is 53.5 Å². The van der Waals surface area contributed by atoms with E-state index in [1.807, 2.05) is 42.2 Å². The zero-order chi connectivity index (χ0) is 18.5. The smallest absolute Gasteiger partial charge is 0.219 e. The van der Waals surface area contributed by atoms with Crippen molar-refractivity contribution in [3.8, 4) is 0 Å². The van der Waals surface area contributed by atoms with Crippen molar-refractivity contribution in [2.45, 2.75) is 20.3 Å². The number of piperazine rings is 1. The Morgan fingerprint density at radius 1 is 1.15 bits per heavy atom. The number of amides is 1. The summed E-state index contributed by atoms with van der Waals surface area (Å²) in [4.78, 5) is 24.6. The monoisotopic (exact) mass is 373 g/mol. The van der Waals surface area contributed by atoms with Crippen LogP contribution in [0.1, 0.15) is 18.3 Å². The molecule has 0 bridgehead atoms. The fourth-order valence-electron chi connectivity index (χ4n) is 3.04. The van der Waals surface area contributed by atoms with Gasteiger partial charge in [0, 0.05) is 50.7 Å². The number of benzene rings is 1. The molecule has 1 aliphatic heterocycles. The molecule has 0 saturated carbocycles. The third kappa shape index (κ3) is 4.85. The maximum atomic E-state index is 11.5. The number of nitrogens with zero attached hydrogens (tertiary/aromatic N) is 4. The first-order valence-electron chi connectivity index (χ1n) is 8.86. The molecule has 138 valence electrons. The van der Waals surface area contributed by atoms with E-state index in [4.69, 9.17) is 11.6 Å². The van der Waals surface area contributed by atoms with Gasteiger partial charge < -0.3 is 15.1 Å². The minimum absolute atomic E-state index is 0.132. The first kappa shape index (κ1) is 18.5. The fourth-order valence-corrected chi connectivity index (χ4v) is 3.17. The number of halogens is 1. The molecule has 0 unspecified atom stereocenters. The number of nitrogens with one attached hydrogen (secondary N) is 1. The molecule has 0 spiro atoms. The number of hydrogen-bond donors (Lipinski definition) is 1. The van der Waals surface area contributed by atoms with E-state index in [1.165, 1.54) is 5.56 Å². The number of hydrogen-bond acceptors (Lipinski definition) is 5. The quantitative estimate of drug-likeness (QED) is 0.873. The second-order valence-corrected chi connectivity index (χ2v) is 6.89. The first-order valence-corrected chi connectivity index (χ1v) is 9.23. The lowest BCUT2D eigenvalue weighted by atomic mass is 10.1. The van der Waals surface area contributed by atoms with Crippen molar-refractivity contribution < 1.29 is 4.79 Å². The van der Waals surface area contributed by atoms with Gasteiger partial charge in [0.1, 0.15) is 17.5 Å². The molecule has 3 rings (SSSR count). The van der Waals surface area contributed by atoms with E-state index < -0.39 is 0 Å². The summed E-state index contributed by atoms with van der Waals surface area (Å²) in [5, 5.41) is 4.13. The SMILES string of the molecule is CC(=O)N1CCN(c2cc(NCCc3ccc(Cl)cc3)nc(C)n2)CC1. The molecular formula is C19H24ClN5O. The van der Waals surface area contributed by atoms with Crippen LogP contribution in [0.5, 0.6) is 0 Å². The molecule has 1 aromatic heterocycles. The normalized spacial score (nSPS) is 14.4. The summed E-state index contributed by atoms with van der Waals surface area (Å²) < 4.78 is 0. The molecule has 0 aliphatic carbocycles. The third-order valence-electron chi connectivity index (χ3n) is 4.51. The van der Waals surface area contributed by atoms with Gasteiger partial charge in [-0.05, 0) is 31.0 Å². The van der Waals surface area contributed by atoms with Gasteiger partial charge in [0.05, 0.1) is 0 Å². The van der Waals surface area contributed by atoms with E-state index in [9.17, 15) is 4.79 Å². The van der Waals surface area contributed by atoms with Gasteiger partial charge in [0.15, 0.2) is 0 Å². The summed E-state index contributed by atoms with van der Waals surface area (Å²) in [6.45, 7) is 7.36. The Morgan fingerprint density at radius 2 is 1.85 bits per heavy atom. The van der Waals surface area contributed by atoms with Crippen LogP contribution in [0.25, 0.3) is 0 Å². The van der Waals surface area contributed by atoms with Crippen LogP contribution in [0, 0.1) is 6.92 Å². The average Bonchev–Trinajstić information content (AvgIpc) is 2.63. The minimum Gasteiger partial charge on any atom is -0.370 e. The molecular weight excluding hydrogens is 350 g/mol. The van der Waals surface area contributed by atoms with Crippen molar-refractivity contribution in [2.75, 3.05) is 42.9 Å². The molecule has 7 heteroatoms. The second kappa shape index (κ2) is 8.36. The first-order chi connectivity index (χ1) is 12.5. The van der Waals surface area contributed by atoms with Crippen LogP contribution in [0.15, 0.2) is 30.3 Å². The summed E-state index contributed by atoms with van der Waals surface area (Å²) in [5.74, 6) is 2.61. The molecule has 1 fully saturated rings. The zero-order valence-electron chi connectivity index (χ0n) is 15.2. The van der Waals surface area contributed by atoms with E-state index in [2.05, 4.69) is 20.2 Å². The molecule has 26 heavy (non-hydrogen) atoms. The van der Waals surface area contributed by atoms with Crippen molar-refractivity contribution in [3.63, 3.8) is 0 Å². The lowest BCUT2D eigenvalue weighted by Crippen LogP contribution is -2.48. The van der Waals surface area contributed by atoms with Gasteiger partial charge in [-0.1, -0.05) is 23.7 Å². The minimum atomic E-state index is 0.132. The number of rotatable bonds is 5. The summed E-state index contributed by atoms with van der Waals surface area (Å²) in [6, 6.07) is 9.87. The van der Waals surface area contributed by atoms with Crippen molar-refractivity contribution in [1.29, 1.82) is 0 Å². The van der Waals surface area contributed by atoms with Gasteiger partial charge in [-0.3, -0.25) is 4.79 Å². The van der Waals surface area contributed by atoms with Gasteiger partial charge >= 0.3 is 0 Å². The van der Waals surface area contributed by atoms with Gasteiger partial charge in [0.25, 0.3) is 0 Å². The maximum absolute atomic E-state index is 11.5. The zero-order valence-corrected chi connectivity index (χ0v) is 16.0. The number of carbonyl (C=O) groups is 1. The van der Waals surface area contributed by atoms with Gasteiger partial charge in [-0.2, -0.15) is 0 Å². The molecule has 1 N–H and O–H groups in total. The number of aryl methyl sites for hydroxylation is 1. The van der Waals surface area contributed by atoms with Crippen molar-refractivity contribution in [3.05, 3.63) is 46.7 Å². The number of anilines is 2. The van der Waals surface area contributed by atoms with E-state index in [0.29, 0.717) is 0 Å². The van der Waals surface area contributed by atoms with E-state index in [1.54, 1.807) is 6.92 Å². The van der Waals surface area contributed by atoms with Crippen LogP contribution in [0.3, 0.4) is 0 Å². The Kier molecular flexibility index (Phi) is 5.93. The Morgan fingerprint density at radius 3 is 2.50 bits per heavy atom. The lowest BCUT2D eigenvalue weighted by molar-refractivity contribution is -0.129. The second-order valence-electron chi connectivity index (χ2n) is 6.45. The van der Waals surface area contributed by atoms with E-state index in [-0.39, 0.29) is 5.91 Å².